The minimum absolute atomic E-state index is 0.0850. The van der Waals surface area contributed by atoms with Gasteiger partial charge in [-0.05, 0) is 55.0 Å². The summed E-state index contributed by atoms with van der Waals surface area (Å²) in [5.74, 6) is -0.227. The van der Waals surface area contributed by atoms with Gasteiger partial charge >= 0.3 is 6.18 Å². The van der Waals surface area contributed by atoms with Gasteiger partial charge in [-0.3, -0.25) is 9.48 Å². The van der Waals surface area contributed by atoms with Crippen LogP contribution in [-0.4, -0.2) is 42.4 Å². The smallest absolute Gasteiger partial charge is 0.381 e. The molecule has 1 aliphatic carbocycles. The van der Waals surface area contributed by atoms with Crippen LogP contribution in [0.25, 0.3) is 11.1 Å². The van der Waals surface area contributed by atoms with E-state index in [4.69, 9.17) is 4.74 Å². The number of sulfone groups is 1. The Labute approximate surface area is 197 Å². The number of ether oxygens (including phenoxy) is 1. The van der Waals surface area contributed by atoms with Crippen LogP contribution >= 0.6 is 0 Å². The second-order valence-corrected chi connectivity index (χ2v) is 10.4. The molecule has 1 saturated carbocycles. The summed E-state index contributed by atoms with van der Waals surface area (Å²) in [7, 11) is -2.74. The molecule has 6 nitrogen and oxygen atoms in total. The zero-order valence-corrected chi connectivity index (χ0v) is 19.8. The maximum Gasteiger partial charge on any atom is 0.417 e. The van der Waals surface area contributed by atoms with Gasteiger partial charge in [-0.2, -0.15) is 18.3 Å². The van der Waals surface area contributed by atoms with E-state index in [1.165, 1.54) is 36.3 Å². The normalized spacial score (nSPS) is 19.4. The van der Waals surface area contributed by atoms with Gasteiger partial charge in [0.25, 0.3) is 0 Å². The van der Waals surface area contributed by atoms with E-state index in [0.717, 1.165) is 17.7 Å². The average molecular weight is 497 g/mol. The summed E-state index contributed by atoms with van der Waals surface area (Å²) in [5.41, 5.74) is 0.0484. The highest BCUT2D eigenvalue weighted by Gasteiger charge is 2.42. The van der Waals surface area contributed by atoms with Crippen molar-refractivity contribution in [2.45, 2.75) is 61.6 Å². The van der Waals surface area contributed by atoms with E-state index >= 15 is 0 Å². The molecule has 0 radical (unpaired) electrons. The second-order valence-electron chi connectivity index (χ2n) is 8.22. The molecule has 2 atom stereocenters. The first-order valence-electron chi connectivity index (χ1n) is 10.9. The molecule has 0 N–H and O–H groups in total. The first-order valence-corrected chi connectivity index (χ1v) is 12.4. The molecule has 10 heteroatoms. The second kappa shape index (κ2) is 10.3. The van der Waals surface area contributed by atoms with Crippen molar-refractivity contribution in [3.8, 4) is 11.1 Å². The van der Waals surface area contributed by atoms with Gasteiger partial charge in [0.2, 0.25) is 0 Å². The Kier molecular flexibility index (Phi) is 7.82. The molecule has 0 aliphatic heterocycles. The van der Waals surface area contributed by atoms with E-state index < -0.39 is 31.7 Å². The number of halogens is 3. The maximum atomic E-state index is 13.9. The fourth-order valence-corrected chi connectivity index (χ4v) is 6.08. The topological polar surface area (TPSA) is 78.3 Å². The van der Waals surface area contributed by atoms with Crippen LogP contribution in [0.5, 0.6) is 0 Å². The highest BCUT2D eigenvalue weighted by molar-refractivity contribution is 7.92. The predicted molar refractivity (Wildman–Crippen MR) is 122 cm³/mol. The third-order valence-electron chi connectivity index (χ3n) is 6.00. The van der Waals surface area contributed by atoms with Crippen LogP contribution < -0.4 is 0 Å². The number of hydrogen-bond acceptors (Lipinski definition) is 5. The van der Waals surface area contributed by atoms with Crippen LogP contribution in [-0.2, 0) is 32.1 Å². The number of allylic oxidation sites excluding steroid dienone is 3. The van der Waals surface area contributed by atoms with Gasteiger partial charge in [-0.1, -0.05) is 25.6 Å². The lowest BCUT2D eigenvalue weighted by Gasteiger charge is -2.18. The Morgan fingerprint density at radius 2 is 2.03 bits per heavy atom. The molecule has 184 valence electrons. The highest BCUT2D eigenvalue weighted by atomic mass is 32.2. The number of hydrogen-bond donors (Lipinski definition) is 0. The molecule has 1 aromatic carbocycles. The standard InChI is InChI=1S/C24H27F3N2O4S/c1-4-16(5-2)10-19(30)15-29-14-18(13-28-29)17-6-9-23(22(11-17)24(25,26)27)34(31,32)21-8-7-20(12-21)33-3/h4,6,9-11,13-14,20-21H,1,5,7-8,12,15H2,2-3H3. The number of alkyl halides is 3. The lowest BCUT2D eigenvalue weighted by atomic mass is 10.1. The summed E-state index contributed by atoms with van der Waals surface area (Å²) in [5, 5.41) is 3.14. The Hall–Kier alpha value is -2.72. The quantitative estimate of drug-likeness (QED) is 0.361. The molecule has 1 aliphatic rings. The molecule has 0 spiro atoms. The van der Waals surface area contributed by atoms with E-state index in [1.54, 1.807) is 6.08 Å². The monoisotopic (exact) mass is 496 g/mol. The minimum atomic E-state index is -4.87. The Morgan fingerprint density at radius 1 is 1.29 bits per heavy atom. The molecular weight excluding hydrogens is 469 g/mol. The largest absolute Gasteiger partial charge is 0.417 e. The van der Waals surface area contributed by atoms with E-state index in [2.05, 4.69) is 11.7 Å². The number of ketones is 1. The van der Waals surface area contributed by atoms with Crippen molar-refractivity contribution in [1.29, 1.82) is 0 Å². The first-order chi connectivity index (χ1) is 16.0. The number of carbonyl (C=O) groups is 1. The average Bonchev–Trinajstić information content (AvgIpc) is 3.46. The Morgan fingerprint density at radius 3 is 2.62 bits per heavy atom. The number of carbonyl (C=O) groups excluding carboxylic acids is 1. The lowest BCUT2D eigenvalue weighted by Crippen LogP contribution is -2.23. The summed E-state index contributed by atoms with van der Waals surface area (Å²) < 4.78 is 74.3. The summed E-state index contributed by atoms with van der Waals surface area (Å²) in [6.07, 6.45) is 2.23. The van der Waals surface area contributed by atoms with Crippen LogP contribution in [0.4, 0.5) is 13.2 Å². The molecule has 0 saturated heterocycles. The van der Waals surface area contributed by atoms with Gasteiger partial charge in [-0.25, -0.2) is 8.42 Å². The van der Waals surface area contributed by atoms with Crippen LogP contribution in [0, 0.1) is 0 Å². The van der Waals surface area contributed by atoms with E-state index in [0.29, 0.717) is 18.4 Å². The molecule has 0 amide bonds. The molecular formula is C24H27F3N2O4S. The van der Waals surface area contributed by atoms with Crippen LogP contribution in [0.3, 0.4) is 0 Å². The molecule has 0 bridgehead atoms. The number of nitrogens with zero attached hydrogens (tertiary/aromatic N) is 2. The lowest BCUT2D eigenvalue weighted by molar-refractivity contribution is -0.139. The zero-order chi connectivity index (χ0) is 25.1. The molecule has 2 aromatic rings. The predicted octanol–water partition coefficient (Wildman–Crippen LogP) is 5.00. The Bertz CT molecular complexity index is 1200. The minimum Gasteiger partial charge on any atom is -0.381 e. The van der Waals surface area contributed by atoms with Crippen molar-refractivity contribution in [3.05, 3.63) is 60.5 Å². The van der Waals surface area contributed by atoms with Crippen molar-refractivity contribution >= 4 is 15.6 Å². The summed E-state index contributed by atoms with van der Waals surface area (Å²) >= 11 is 0. The van der Waals surface area contributed by atoms with E-state index in [1.807, 2.05) is 6.92 Å². The molecule has 1 heterocycles. The van der Waals surface area contributed by atoms with Crippen LogP contribution in [0.1, 0.15) is 38.2 Å². The Balaban J connectivity index is 1.92. The maximum absolute atomic E-state index is 13.9. The summed E-state index contributed by atoms with van der Waals surface area (Å²) in [6.45, 7) is 5.44. The van der Waals surface area contributed by atoms with Gasteiger partial charge in [0, 0.05) is 18.9 Å². The van der Waals surface area contributed by atoms with E-state index in [9.17, 15) is 26.4 Å². The van der Waals surface area contributed by atoms with E-state index in [-0.39, 0.29) is 36.8 Å². The van der Waals surface area contributed by atoms with Crippen LogP contribution in [0.15, 0.2) is 59.8 Å². The number of aromatic nitrogens is 2. The molecule has 3 rings (SSSR count). The number of methoxy groups -OCH3 is 1. The summed E-state index contributed by atoms with van der Waals surface area (Å²) in [4.78, 5) is 11.5. The molecule has 2 unspecified atom stereocenters. The first kappa shape index (κ1) is 25.9. The van der Waals surface area contributed by atoms with Gasteiger partial charge in [0.05, 0.1) is 28.0 Å². The SMILES string of the molecule is C=CC(=CC(=O)Cn1cc(-c2ccc(S(=O)(=O)C3CCC(OC)C3)c(C(F)(F)F)c2)cn1)CC. The van der Waals surface area contributed by atoms with Crippen molar-refractivity contribution in [1.82, 2.24) is 9.78 Å². The van der Waals surface area contributed by atoms with Gasteiger partial charge < -0.3 is 4.74 Å². The van der Waals surface area contributed by atoms with Gasteiger partial charge in [-0.15, -0.1) is 0 Å². The molecule has 1 aromatic heterocycles. The van der Waals surface area contributed by atoms with Crippen molar-refractivity contribution in [2.75, 3.05) is 7.11 Å². The third kappa shape index (κ3) is 5.67. The van der Waals surface area contributed by atoms with Crippen molar-refractivity contribution in [2.24, 2.45) is 0 Å². The van der Waals surface area contributed by atoms with Crippen molar-refractivity contribution in [3.63, 3.8) is 0 Å². The highest BCUT2D eigenvalue weighted by Crippen LogP contribution is 2.40. The third-order valence-corrected chi connectivity index (χ3v) is 8.28. The van der Waals surface area contributed by atoms with Gasteiger partial charge in [0.1, 0.15) is 6.54 Å². The molecule has 1 fully saturated rings. The van der Waals surface area contributed by atoms with Gasteiger partial charge in [0.15, 0.2) is 15.6 Å². The van der Waals surface area contributed by atoms with Crippen molar-refractivity contribution < 1.29 is 31.1 Å². The zero-order valence-electron chi connectivity index (χ0n) is 19.0. The number of benzene rings is 1. The number of rotatable bonds is 9. The fraction of sp³-hybridized carbons (Fsp3) is 0.417. The fourth-order valence-electron chi connectivity index (χ4n) is 4.07. The molecule has 34 heavy (non-hydrogen) atoms. The summed E-state index contributed by atoms with van der Waals surface area (Å²) in [6, 6.07) is 3.17. The van der Waals surface area contributed by atoms with Crippen LogP contribution in [0.2, 0.25) is 0 Å².